The Morgan fingerprint density at radius 3 is 2.63 bits per heavy atom. The minimum Gasteiger partial charge on any atom is -0.494 e. The normalized spacial score (nSPS) is 15.4. The molecule has 0 radical (unpaired) electrons. The van der Waals surface area contributed by atoms with Crippen molar-refractivity contribution in [2.75, 3.05) is 33.4 Å². The number of hydrogen-bond acceptors (Lipinski definition) is 4. The Balaban J connectivity index is 1.93. The van der Waals surface area contributed by atoms with Crippen LogP contribution in [0.3, 0.4) is 0 Å². The smallest absolute Gasteiger partial charge is 0.409 e. The van der Waals surface area contributed by atoms with Crippen molar-refractivity contribution in [3.05, 3.63) is 29.3 Å². The number of guanidine groups is 1. The lowest BCUT2D eigenvalue weighted by Gasteiger charge is -2.32. The summed E-state index contributed by atoms with van der Waals surface area (Å²) < 4.78 is 10.4. The van der Waals surface area contributed by atoms with E-state index in [4.69, 9.17) is 14.5 Å². The van der Waals surface area contributed by atoms with E-state index in [9.17, 15) is 4.79 Å². The van der Waals surface area contributed by atoms with Gasteiger partial charge in [0, 0.05) is 25.7 Å². The van der Waals surface area contributed by atoms with E-state index in [1.54, 1.807) is 4.90 Å². The van der Waals surface area contributed by atoms with Crippen LogP contribution in [0.15, 0.2) is 23.2 Å². The quantitative estimate of drug-likeness (QED) is 0.590. The van der Waals surface area contributed by atoms with Gasteiger partial charge in [-0.2, -0.15) is 0 Å². The lowest BCUT2D eigenvalue weighted by molar-refractivity contribution is 0.111. The number of aliphatic imine (C=N–C) groups is 1. The average Bonchev–Trinajstić information content (AvgIpc) is 2.68. The summed E-state index contributed by atoms with van der Waals surface area (Å²) in [5, 5.41) is 6.79. The highest BCUT2D eigenvalue weighted by atomic mass is 16.5. The topological polar surface area (TPSA) is 75.2 Å². The van der Waals surface area contributed by atoms with Gasteiger partial charge in [-0.25, -0.2) is 9.79 Å². The molecule has 1 heterocycles. The number of carbonyl (C=O) groups excluding carboxylic acids is 1. The maximum atomic E-state index is 11.6. The summed E-state index contributed by atoms with van der Waals surface area (Å²) in [6.07, 6.45) is 1.50. The van der Waals surface area contributed by atoms with Crippen LogP contribution in [0.2, 0.25) is 0 Å². The zero-order valence-corrected chi connectivity index (χ0v) is 16.9. The second kappa shape index (κ2) is 10.6. The van der Waals surface area contributed by atoms with Crippen LogP contribution in [0.5, 0.6) is 5.75 Å². The molecule has 0 saturated carbocycles. The highest BCUT2D eigenvalue weighted by Crippen LogP contribution is 2.19. The van der Waals surface area contributed by atoms with Crippen molar-refractivity contribution in [3.8, 4) is 5.75 Å². The van der Waals surface area contributed by atoms with Gasteiger partial charge in [0.1, 0.15) is 5.75 Å². The number of nitrogens with zero attached hydrogens (tertiary/aromatic N) is 2. The number of carbonyl (C=O) groups is 1. The molecule has 0 aliphatic carbocycles. The van der Waals surface area contributed by atoms with E-state index in [0.29, 0.717) is 32.3 Å². The van der Waals surface area contributed by atoms with Crippen LogP contribution < -0.4 is 15.4 Å². The van der Waals surface area contributed by atoms with E-state index in [1.165, 1.54) is 7.11 Å². The maximum Gasteiger partial charge on any atom is 0.409 e. The number of ether oxygens (including phenoxy) is 2. The predicted molar refractivity (Wildman–Crippen MR) is 107 cm³/mol. The number of methoxy groups -OCH3 is 1. The van der Waals surface area contributed by atoms with Crippen molar-refractivity contribution in [1.82, 2.24) is 15.5 Å². The summed E-state index contributed by atoms with van der Waals surface area (Å²) in [6.45, 7) is 9.56. The number of amides is 1. The van der Waals surface area contributed by atoms with Gasteiger partial charge in [-0.15, -0.1) is 0 Å². The molecule has 1 saturated heterocycles. The van der Waals surface area contributed by atoms with Gasteiger partial charge in [-0.1, -0.05) is 12.1 Å². The first-order valence-corrected chi connectivity index (χ1v) is 9.67. The van der Waals surface area contributed by atoms with E-state index in [1.807, 2.05) is 13.0 Å². The van der Waals surface area contributed by atoms with Gasteiger partial charge in [0.25, 0.3) is 0 Å². The molecule has 7 nitrogen and oxygen atoms in total. The fraction of sp³-hybridized carbons (Fsp3) is 0.600. The molecule has 1 amide bonds. The molecule has 1 fully saturated rings. The first-order valence-electron chi connectivity index (χ1n) is 9.67. The Morgan fingerprint density at radius 1 is 1.30 bits per heavy atom. The number of aryl methyl sites for hydroxylation is 1. The number of benzene rings is 1. The number of likely N-dealkylation sites (tertiary alicyclic amines) is 1. The zero-order valence-electron chi connectivity index (χ0n) is 16.9. The molecule has 0 bridgehead atoms. The molecule has 2 N–H and O–H groups in total. The number of piperidine rings is 1. The number of nitrogens with one attached hydrogen (secondary N) is 2. The molecule has 2 rings (SSSR count). The summed E-state index contributed by atoms with van der Waals surface area (Å²) in [7, 11) is 1.42. The number of hydrogen-bond donors (Lipinski definition) is 2. The fourth-order valence-corrected chi connectivity index (χ4v) is 3.15. The summed E-state index contributed by atoms with van der Waals surface area (Å²) in [4.78, 5) is 18.0. The van der Waals surface area contributed by atoms with Crippen molar-refractivity contribution < 1.29 is 14.3 Å². The third kappa shape index (κ3) is 6.34. The molecule has 1 aromatic carbocycles. The van der Waals surface area contributed by atoms with Gasteiger partial charge in [-0.05, 0) is 50.8 Å². The largest absolute Gasteiger partial charge is 0.494 e. The highest BCUT2D eigenvalue weighted by Gasteiger charge is 2.23. The lowest BCUT2D eigenvalue weighted by atomic mass is 10.1. The summed E-state index contributed by atoms with van der Waals surface area (Å²) in [6, 6.07) is 6.48. The monoisotopic (exact) mass is 376 g/mol. The Labute approximate surface area is 162 Å². The molecule has 27 heavy (non-hydrogen) atoms. The fourth-order valence-electron chi connectivity index (χ4n) is 3.15. The Hall–Kier alpha value is -2.44. The van der Waals surface area contributed by atoms with E-state index < -0.39 is 0 Å². The van der Waals surface area contributed by atoms with Gasteiger partial charge in [0.2, 0.25) is 0 Å². The molecule has 1 aliphatic heterocycles. The van der Waals surface area contributed by atoms with Gasteiger partial charge >= 0.3 is 6.09 Å². The molecule has 150 valence electrons. The average molecular weight is 377 g/mol. The van der Waals surface area contributed by atoms with Crippen molar-refractivity contribution in [1.29, 1.82) is 0 Å². The van der Waals surface area contributed by atoms with Crippen molar-refractivity contribution in [3.63, 3.8) is 0 Å². The molecule has 0 spiro atoms. The zero-order chi connectivity index (χ0) is 19.6. The second-order valence-corrected chi connectivity index (χ2v) is 6.60. The first kappa shape index (κ1) is 20.9. The van der Waals surface area contributed by atoms with Crippen molar-refractivity contribution >= 4 is 12.1 Å². The Bertz CT molecular complexity index is 640. The van der Waals surface area contributed by atoms with Crippen molar-refractivity contribution in [2.45, 2.75) is 46.2 Å². The number of rotatable bonds is 6. The molecule has 1 aliphatic rings. The van der Waals surface area contributed by atoms with Crippen LogP contribution in [0, 0.1) is 6.92 Å². The molecule has 0 atom stereocenters. The summed E-state index contributed by atoms with van der Waals surface area (Å²) in [5.41, 5.74) is 2.27. The van der Waals surface area contributed by atoms with Crippen LogP contribution in [-0.4, -0.2) is 56.3 Å². The second-order valence-electron chi connectivity index (χ2n) is 6.60. The van der Waals surface area contributed by atoms with Gasteiger partial charge < -0.3 is 25.0 Å². The summed E-state index contributed by atoms with van der Waals surface area (Å²) in [5.74, 6) is 1.73. The molecule has 1 aromatic rings. The maximum absolute atomic E-state index is 11.6. The minimum atomic E-state index is -0.250. The Kier molecular flexibility index (Phi) is 8.23. The van der Waals surface area contributed by atoms with E-state index in [2.05, 4.69) is 36.6 Å². The molecular formula is C20H32N4O3. The van der Waals surface area contributed by atoms with Crippen LogP contribution in [0.4, 0.5) is 4.79 Å². The van der Waals surface area contributed by atoms with Crippen molar-refractivity contribution in [2.24, 2.45) is 4.99 Å². The van der Waals surface area contributed by atoms with E-state index in [-0.39, 0.29) is 6.09 Å². The summed E-state index contributed by atoms with van der Waals surface area (Å²) >= 11 is 0. The van der Waals surface area contributed by atoms with Crippen LogP contribution in [0.1, 0.15) is 37.8 Å². The first-order chi connectivity index (χ1) is 13.1. The minimum absolute atomic E-state index is 0.250. The molecule has 7 heteroatoms. The Morgan fingerprint density at radius 2 is 2.04 bits per heavy atom. The molecule has 0 aromatic heterocycles. The van der Waals surface area contributed by atoms with E-state index >= 15 is 0 Å². The molecule has 0 unspecified atom stereocenters. The highest BCUT2D eigenvalue weighted by molar-refractivity contribution is 5.80. The predicted octanol–water partition coefficient (Wildman–Crippen LogP) is 2.68. The van der Waals surface area contributed by atoms with Gasteiger partial charge in [-0.3, -0.25) is 0 Å². The van der Waals surface area contributed by atoms with E-state index in [0.717, 1.165) is 42.2 Å². The van der Waals surface area contributed by atoms with Crippen LogP contribution in [-0.2, 0) is 11.3 Å². The molecular weight excluding hydrogens is 344 g/mol. The van der Waals surface area contributed by atoms with Gasteiger partial charge in [0.15, 0.2) is 5.96 Å². The van der Waals surface area contributed by atoms with Crippen LogP contribution >= 0.6 is 0 Å². The SMILES string of the molecule is CCNC(=NCc1ccc(OCC)c(C)c1)NC1CCN(C(=O)OC)CC1. The lowest BCUT2D eigenvalue weighted by Crippen LogP contribution is -2.49. The third-order valence-corrected chi connectivity index (χ3v) is 4.57. The van der Waals surface area contributed by atoms with Crippen LogP contribution in [0.25, 0.3) is 0 Å². The standard InChI is InChI=1S/C20H32N4O3/c1-5-21-19(23-17-9-11-24(12-10-17)20(25)26-4)22-14-16-7-8-18(27-6-2)15(3)13-16/h7-8,13,17H,5-6,9-12,14H2,1-4H3,(H2,21,22,23). The third-order valence-electron chi connectivity index (χ3n) is 4.57. The van der Waals surface area contributed by atoms with Gasteiger partial charge in [0.05, 0.1) is 20.3 Å².